The molecule has 8 rings (SSSR count). The molecule has 1 aliphatic heterocycles. The fourth-order valence-corrected chi connectivity index (χ4v) is 10.4. The predicted molar refractivity (Wildman–Crippen MR) is 255 cm³/mol. The molecule has 344 valence electrons. The largest absolute Gasteiger partial charge is 0.493 e. The Kier molecular flexibility index (Phi) is 12.8. The van der Waals surface area contributed by atoms with Gasteiger partial charge in [-0.2, -0.15) is 5.26 Å². The van der Waals surface area contributed by atoms with E-state index in [0.717, 1.165) is 32.4 Å². The van der Waals surface area contributed by atoms with Crippen molar-refractivity contribution in [3.8, 4) is 40.2 Å². The van der Waals surface area contributed by atoms with E-state index in [-0.39, 0.29) is 29.4 Å². The molecule has 1 saturated heterocycles. The molecule has 17 heteroatoms. The molecule has 3 aromatic carbocycles. The Morgan fingerprint density at radius 2 is 1.70 bits per heavy atom. The monoisotopic (exact) mass is 932 g/mol. The number of aromatic nitrogens is 4. The lowest BCUT2D eigenvalue weighted by molar-refractivity contribution is -0.164. The van der Waals surface area contributed by atoms with Crippen LogP contribution >= 0.6 is 11.6 Å². The highest BCUT2D eigenvalue weighted by Crippen LogP contribution is 2.55. The number of benzene rings is 3. The van der Waals surface area contributed by atoms with E-state index < -0.39 is 20.9 Å². The molecule has 0 bridgehead atoms. The average Bonchev–Trinajstić information content (AvgIpc) is 3.80. The molecule has 1 saturated carbocycles. The van der Waals surface area contributed by atoms with Crippen LogP contribution in [-0.4, -0.2) is 71.4 Å². The molecule has 6 aromatic rings. The number of aryl methyl sites for hydroxylation is 1. The third kappa shape index (κ3) is 9.41. The summed E-state index contributed by atoms with van der Waals surface area (Å²) in [6.45, 7) is 11.9. The second kappa shape index (κ2) is 18.4. The molecule has 0 atom stereocenters. The smallest absolute Gasteiger partial charge is 0.274 e. The average molecular weight is 934 g/mol. The molecule has 0 spiro atoms. The molecule has 3 aromatic heterocycles. The minimum absolute atomic E-state index is 0.0829. The highest BCUT2D eigenvalue weighted by atomic mass is 35.5. The summed E-state index contributed by atoms with van der Waals surface area (Å²) in [5.41, 5.74) is 1.87. The highest BCUT2D eigenvalue weighted by Gasteiger charge is 2.64. The van der Waals surface area contributed by atoms with Gasteiger partial charge < -0.3 is 34.0 Å². The van der Waals surface area contributed by atoms with E-state index in [0.29, 0.717) is 85.3 Å². The number of amides is 1. The first-order valence-corrected chi connectivity index (χ1v) is 24.0. The van der Waals surface area contributed by atoms with E-state index >= 15 is 0 Å². The Labute approximate surface area is 389 Å². The van der Waals surface area contributed by atoms with Crippen molar-refractivity contribution in [2.24, 2.45) is 23.8 Å². The zero-order chi connectivity index (χ0) is 47.0. The molecule has 0 radical (unpaired) electrons. The Morgan fingerprint density at radius 3 is 2.39 bits per heavy atom. The van der Waals surface area contributed by atoms with Gasteiger partial charge in [0.25, 0.3) is 11.5 Å². The van der Waals surface area contributed by atoms with Crippen LogP contribution in [0.1, 0.15) is 69.8 Å². The van der Waals surface area contributed by atoms with Crippen LogP contribution in [0.25, 0.3) is 22.0 Å². The number of H-pyrrole nitrogens is 1. The van der Waals surface area contributed by atoms with Gasteiger partial charge in [0.1, 0.15) is 40.7 Å². The number of anilines is 2. The molecule has 0 unspecified atom stereocenters. The van der Waals surface area contributed by atoms with Gasteiger partial charge in [-0.1, -0.05) is 45.4 Å². The minimum atomic E-state index is -3.55. The summed E-state index contributed by atoms with van der Waals surface area (Å²) < 4.78 is 48.1. The van der Waals surface area contributed by atoms with Crippen LogP contribution in [0, 0.1) is 28.1 Å². The fourth-order valence-electron chi connectivity index (χ4n) is 9.56. The lowest BCUT2D eigenvalue weighted by Gasteiger charge is -2.63. The molecular formula is C49H53ClN8O7S. The topological polar surface area (TPSA) is 194 Å². The van der Waals surface area contributed by atoms with Crippen LogP contribution in [0.2, 0.25) is 5.02 Å². The number of nitrogens with one attached hydrogen (secondary N) is 3. The summed E-state index contributed by atoms with van der Waals surface area (Å²) in [5.74, 6) is 2.93. The number of sulfonamides is 1. The predicted octanol–water partition coefficient (Wildman–Crippen LogP) is 8.70. The van der Waals surface area contributed by atoms with Crippen molar-refractivity contribution in [3.05, 3.63) is 118 Å². The SMILES string of the molecule is CCS(=O)(=O)Nc1ccc(Oc2cccc(OCCC3CCN(c4ncc(C(=O)NC5C(C)(C)C(Oc6ccc(C#N)c(Cl)c6)C5(C)C)cn4)CC3)c2)c(-c2cn(C)c(=O)c3[nH]ccc23)c1. The molecule has 1 amide bonds. The van der Waals surface area contributed by atoms with E-state index in [2.05, 4.69) is 63.7 Å². The number of pyridine rings is 1. The number of nitrogens with zero attached hydrogens (tertiary/aromatic N) is 5. The van der Waals surface area contributed by atoms with Crippen molar-refractivity contribution < 1.29 is 27.4 Å². The van der Waals surface area contributed by atoms with E-state index in [1.807, 2.05) is 30.3 Å². The molecular weight excluding hydrogens is 880 g/mol. The number of hydrogen-bond acceptors (Lipinski definition) is 11. The van der Waals surface area contributed by atoms with Crippen molar-refractivity contribution in [2.75, 3.05) is 35.1 Å². The van der Waals surface area contributed by atoms with E-state index in [9.17, 15) is 23.3 Å². The summed E-state index contributed by atoms with van der Waals surface area (Å²) in [6, 6.07) is 21.2. The molecule has 2 aliphatic rings. The zero-order valence-electron chi connectivity index (χ0n) is 37.7. The number of fused-ring (bicyclic) bond motifs is 1. The molecule has 15 nitrogen and oxygen atoms in total. The summed E-state index contributed by atoms with van der Waals surface area (Å²) in [5, 5.41) is 13.4. The van der Waals surface area contributed by atoms with Crippen molar-refractivity contribution in [2.45, 2.75) is 66.0 Å². The summed E-state index contributed by atoms with van der Waals surface area (Å²) in [4.78, 5) is 40.7. The van der Waals surface area contributed by atoms with Gasteiger partial charge in [-0.05, 0) is 80.6 Å². The van der Waals surface area contributed by atoms with Gasteiger partial charge in [-0.3, -0.25) is 14.3 Å². The van der Waals surface area contributed by atoms with Crippen molar-refractivity contribution in [3.63, 3.8) is 0 Å². The normalized spacial score (nSPS) is 17.9. The summed E-state index contributed by atoms with van der Waals surface area (Å²) >= 11 is 6.25. The zero-order valence-corrected chi connectivity index (χ0v) is 39.3. The number of carbonyl (C=O) groups excluding carboxylic acids is 1. The molecule has 3 N–H and O–H groups in total. The van der Waals surface area contributed by atoms with Crippen LogP contribution in [0.3, 0.4) is 0 Å². The van der Waals surface area contributed by atoms with Gasteiger partial charge >= 0.3 is 0 Å². The second-order valence-corrected chi connectivity index (χ2v) is 20.6. The Morgan fingerprint density at radius 1 is 0.970 bits per heavy atom. The first kappa shape index (κ1) is 46.0. The third-order valence-corrected chi connectivity index (χ3v) is 14.5. The Bertz CT molecular complexity index is 2980. The maximum atomic E-state index is 13.5. The van der Waals surface area contributed by atoms with Crippen LogP contribution in [0.4, 0.5) is 11.6 Å². The molecule has 1 aliphatic carbocycles. The fraction of sp³-hybridized carbons (Fsp3) is 0.367. The lowest BCUT2D eigenvalue weighted by Crippen LogP contribution is -2.74. The van der Waals surface area contributed by atoms with Gasteiger partial charge in [0, 0.05) is 96.1 Å². The van der Waals surface area contributed by atoms with Gasteiger partial charge in [-0.25, -0.2) is 18.4 Å². The molecule has 66 heavy (non-hydrogen) atoms. The summed E-state index contributed by atoms with van der Waals surface area (Å²) in [6.07, 6.45) is 9.10. The van der Waals surface area contributed by atoms with Gasteiger partial charge in [-0.15, -0.1) is 0 Å². The van der Waals surface area contributed by atoms with E-state index in [4.69, 9.17) is 25.8 Å². The standard InChI is InChI=1S/C49H53ClN8O7S/c1-7-66(61,62)56-33-12-14-41(38(23-33)39-29-57(6)44(60)42-37(39)15-19-52-42)64-35-10-8-9-34(24-35)63-22-18-30-16-20-58(21-17-30)47-53-27-32(28-54-47)43(59)55-45-48(2,3)46(49(45,4)5)65-36-13-11-31(26-51)40(50)25-36/h8-15,19,23-25,27-30,45-46,52,56H,7,16-18,20-22H2,1-6H3,(H,55,59). The quantitative estimate of drug-likeness (QED) is 0.0892. The van der Waals surface area contributed by atoms with E-state index in [1.165, 1.54) is 4.57 Å². The lowest BCUT2D eigenvalue weighted by atomic mass is 9.49. The maximum absolute atomic E-state index is 13.5. The first-order chi connectivity index (χ1) is 31.5. The minimum Gasteiger partial charge on any atom is -0.493 e. The van der Waals surface area contributed by atoms with Crippen LogP contribution in [-0.2, 0) is 17.1 Å². The van der Waals surface area contributed by atoms with Crippen LogP contribution in [0.5, 0.6) is 23.0 Å². The van der Waals surface area contributed by atoms with Gasteiger partial charge in [0.2, 0.25) is 16.0 Å². The number of rotatable bonds is 15. The molecule has 2 fully saturated rings. The number of nitriles is 1. The number of carbonyl (C=O) groups is 1. The third-order valence-electron chi connectivity index (χ3n) is 12.9. The van der Waals surface area contributed by atoms with Crippen LogP contribution in [0.15, 0.2) is 96.3 Å². The first-order valence-electron chi connectivity index (χ1n) is 21.9. The van der Waals surface area contributed by atoms with Crippen molar-refractivity contribution >= 4 is 50.1 Å². The van der Waals surface area contributed by atoms with Gasteiger partial charge in [0.15, 0.2) is 0 Å². The number of hydrogen-bond donors (Lipinski definition) is 3. The number of piperidine rings is 1. The number of aromatic amines is 1. The van der Waals surface area contributed by atoms with Crippen molar-refractivity contribution in [1.82, 2.24) is 24.8 Å². The maximum Gasteiger partial charge on any atom is 0.274 e. The van der Waals surface area contributed by atoms with Crippen molar-refractivity contribution in [1.29, 1.82) is 5.26 Å². The Balaban J connectivity index is 0.838. The van der Waals surface area contributed by atoms with E-state index in [1.54, 1.807) is 75.2 Å². The number of halogens is 1. The van der Waals surface area contributed by atoms with Crippen LogP contribution < -0.4 is 34.7 Å². The van der Waals surface area contributed by atoms with Gasteiger partial charge in [0.05, 0.1) is 28.5 Å². The summed E-state index contributed by atoms with van der Waals surface area (Å²) in [7, 11) is -1.88. The second-order valence-electron chi connectivity index (χ2n) is 18.2. The molecule has 4 heterocycles. The Hall–Kier alpha value is -6.57. The highest BCUT2D eigenvalue weighted by molar-refractivity contribution is 7.92. The number of ether oxygens (including phenoxy) is 3.